The predicted molar refractivity (Wildman–Crippen MR) is 232 cm³/mol. The lowest BCUT2D eigenvalue weighted by Gasteiger charge is -2.40. The van der Waals surface area contributed by atoms with Crippen molar-refractivity contribution in [3.8, 4) is 11.1 Å². The predicted octanol–water partition coefficient (Wildman–Crippen LogP) is 13.8. The molecule has 0 saturated heterocycles. The molecule has 268 valence electrons. The number of hydrogen-bond acceptors (Lipinski definition) is 2. The van der Waals surface area contributed by atoms with Gasteiger partial charge in [0, 0.05) is 28.2 Å². The third kappa shape index (κ3) is 4.56. The van der Waals surface area contributed by atoms with Crippen LogP contribution in [0.1, 0.15) is 46.2 Å². The minimum Gasteiger partial charge on any atom is -0.310 e. The average molecular weight is 719 g/mol. The van der Waals surface area contributed by atoms with Crippen LogP contribution in [-0.4, -0.2) is 0 Å². The molecule has 0 radical (unpaired) electrons. The molecule has 0 heterocycles. The molecule has 0 aromatic heterocycles. The maximum atomic E-state index is 2.62. The summed E-state index contributed by atoms with van der Waals surface area (Å²) in [4.78, 5) is 5.15. The van der Waals surface area contributed by atoms with Gasteiger partial charge >= 0.3 is 0 Å². The Hall–Kier alpha value is -6.38. The lowest BCUT2D eigenvalue weighted by atomic mass is 9.68. The molecule has 3 unspecified atom stereocenters. The molecule has 4 aliphatic rings. The second kappa shape index (κ2) is 12.3. The molecule has 1 saturated carbocycles. The second-order valence-electron chi connectivity index (χ2n) is 16.4. The van der Waals surface area contributed by atoms with Crippen LogP contribution in [0.5, 0.6) is 0 Å². The number of benzene rings is 8. The summed E-state index contributed by atoms with van der Waals surface area (Å²) in [6.45, 7) is 0. The highest BCUT2D eigenvalue weighted by atomic mass is 15.2. The molecule has 1 fully saturated rings. The summed E-state index contributed by atoms with van der Waals surface area (Å²) in [5.74, 6) is 1.10. The van der Waals surface area contributed by atoms with Crippen LogP contribution in [0.3, 0.4) is 0 Å². The van der Waals surface area contributed by atoms with E-state index in [1.165, 1.54) is 91.1 Å². The molecule has 56 heavy (non-hydrogen) atoms. The molecule has 2 heteroatoms. The van der Waals surface area contributed by atoms with Crippen LogP contribution in [0.2, 0.25) is 0 Å². The van der Waals surface area contributed by atoms with E-state index in [0.717, 1.165) is 19.3 Å². The van der Waals surface area contributed by atoms with Gasteiger partial charge in [0.05, 0.1) is 11.4 Å². The number of para-hydroxylation sites is 2. The van der Waals surface area contributed by atoms with E-state index < -0.39 is 0 Å². The smallest absolute Gasteiger partial charge is 0.0505 e. The van der Waals surface area contributed by atoms with Gasteiger partial charge in [0.2, 0.25) is 0 Å². The summed E-state index contributed by atoms with van der Waals surface area (Å²) in [6.07, 6.45) is 5.73. The van der Waals surface area contributed by atoms with E-state index in [9.17, 15) is 0 Å². The summed E-state index contributed by atoms with van der Waals surface area (Å²) in [6, 6.07) is 68.5. The second-order valence-corrected chi connectivity index (χ2v) is 16.4. The maximum Gasteiger partial charge on any atom is 0.0505 e. The molecule has 3 atom stereocenters. The molecule has 1 spiro atoms. The van der Waals surface area contributed by atoms with Crippen molar-refractivity contribution in [1.29, 1.82) is 0 Å². The Morgan fingerprint density at radius 3 is 1.57 bits per heavy atom. The van der Waals surface area contributed by atoms with Crippen LogP contribution in [0, 0.1) is 11.8 Å². The molecule has 0 N–H and O–H groups in total. The van der Waals surface area contributed by atoms with E-state index in [2.05, 4.69) is 192 Å². The Morgan fingerprint density at radius 2 is 0.893 bits per heavy atom. The van der Waals surface area contributed by atoms with Crippen LogP contribution in [0.4, 0.5) is 34.1 Å². The van der Waals surface area contributed by atoms with Gasteiger partial charge in [-0.2, -0.15) is 0 Å². The molecule has 8 aromatic carbocycles. The fraction of sp³-hybridized carbons (Fsp3) is 0.148. The van der Waals surface area contributed by atoms with Crippen LogP contribution in [-0.2, 0) is 24.7 Å². The zero-order valence-corrected chi connectivity index (χ0v) is 31.4. The monoisotopic (exact) mass is 718 g/mol. The van der Waals surface area contributed by atoms with E-state index in [1.807, 2.05) is 0 Å². The molecular weight excluding hydrogens is 677 g/mol. The van der Waals surface area contributed by atoms with Crippen molar-refractivity contribution in [2.45, 2.75) is 37.5 Å². The third-order valence-electron chi connectivity index (χ3n) is 13.7. The van der Waals surface area contributed by atoms with Gasteiger partial charge < -0.3 is 9.80 Å². The van der Waals surface area contributed by atoms with Gasteiger partial charge in [0.1, 0.15) is 0 Å². The molecular formula is C54H42N2. The van der Waals surface area contributed by atoms with Crippen molar-refractivity contribution in [1.82, 2.24) is 0 Å². The Morgan fingerprint density at radius 1 is 0.375 bits per heavy atom. The van der Waals surface area contributed by atoms with Gasteiger partial charge in [-0.05, 0) is 160 Å². The first-order chi connectivity index (χ1) is 27.8. The standard InChI is InChI=1S/C54H42N2/c1-3-18-44(19-4-1)55(45-20-5-2-6-21-45)50-23-11-16-39-32-42-26-27-43-33-40-17-12-24-51(53(40)54(42,43)52(39)50)56(46-28-25-36-13-7-8-14-37(36)34-46)47-29-30-49-41(35-47)31-38-15-9-10-22-48(38)49/h1-25,28-30,34-35,42-43H,26-27,31-33H2. The zero-order chi connectivity index (χ0) is 36.8. The summed E-state index contributed by atoms with van der Waals surface area (Å²) in [7, 11) is 0. The van der Waals surface area contributed by atoms with Gasteiger partial charge in [-0.25, -0.2) is 0 Å². The lowest BCUT2D eigenvalue weighted by Crippen LogP contribution is -2.34. The van der Waals surface area contributed by atoms with Gasteiger partial charge in [0.25, 0.3) is 0 Å². The van der Waals surface area contributed by atoms with E-state index in [1.54, 1.807) is 11.1 Å². The number of rotatable bonds is 6. The normalized spacial score (nSPS) is 19.5. The summed E-state index contributed by atoms with van der Waals surface area (Å²) >= 11 is 0. The number of nitrogens with zero attached hydrogens (tertiary/aromatic N) is 2. The Labute approximate surface area is 329 Å². The SMILES string of the molecule is c1ccc(N(c2ccccc2)c2cccc3c2C24c5c(cccc5N(c5ccc6c(c5)Cc5ccccc5-6)c5ccc6ccccc6c5)CC2CCC4C3)cc1. The van der Waals surface area contributed by atoms with Gasteiger partial charge in [-0.15, -0.1) is 0 Å². The first-order valence-electron chi connectivity index (χ1n) is 20.4. The van der Waals surface area contributed by atoms with E-state index in [4.69, 9.17) is 0 Å². The van der Waals surface area contributed by atoms with Crippen molar-refractivity contribution in [2.24, 2.45) is 11.8 Å². The Kier molecular flexibility index (Phi) is 7.02. The number of hydrogen-bond donors (Lipinski definition) is 0. The van der Waals surface area contributed by atoms with E-state index in [0.29, 0.717) is 11.8 Å². The van der Waals surface area contributed by atoms with Crippen molar-refractivity contribution in [3.63, 3.8) is 0 Å². The van der Waals surface area contributed by atoms with Gasteiger partial charge in [-0.3, -0.25) is 0 Å². The number of fused-ring (bicyclic) bond motifs is 6. The summed E-state index contributed by atoms with van der Waals surface area (Å²) in [5, 5.41) is 2.53. The highest BCUT2D eigenvalue weighted by Gasteiger charge is 2.62. The topological polar surface area (TPSA) is 6.48 Å². The van der Waals surface area contributed by atoms with Gasteiger partial charge in [-0.1, -0.05) is 121 Å². The molecule has 2 nitrogen and oxygen atoms in total. The maximum absolute atomic E-state index is 2.62. The van der Waals surface area contributed by atoms with Crippen LogP contribution in [0.15, 0.2) is 182 Å². The van der Waals surface area contributed by atoms with Crippen molar-refractivity contribution >= 4 is 44.9 Å². The molecule has 12 rings (SSSR count). The van der Waals surface area contributed by atoms with Crippen LogP contribution < -0.4 is 9.80 Å². The van der Waals surface area contributed by atoms with E-state index in [-0.39, 0.29) is 5.41 Å². The summed E-state index contributed by atoms with van der Waals surface area (Å²) in [5.41, 5.74) is 19.1. The lowest BCUT2D eigenvalue weighted by molar-refractivity contribution is 0.350. The minimum absolute atomic E-state index is 0.0955. The van der Waals surface area contributed by atoms with Crippen molar-refractivity contribution < 1.29 is 0 Å². The molecule has 0 amide bonds. The quantitative estimate of drug-likeness (QED) is 0.169. The highest BCUT2D eigenvalue weighted by molar-refractivity contribution is 5.92. The van der Waals surface area contributed by atoms with Crippen LogP contribution in [0.25, 0.3) is 21.9 Å². The first kappa shape index (κ1) is 31.9. The Balaban J connectivity index is 1.11. The fourth-order valence-electron chi connectivity index (χ4n) is 11.6. The molecule has 0 bridgehead atoms. The minimum atomic E-state index is -0.0955. The van der Waals surface area contributed by atoms with Gasteiger partial charge in [0.15, 0.2) is 0 Å². The third-order valence-corrected chi connectivity index (χ3v) is 13.7. The Bertz CT molecular complexity index is 2770. The number of anilines is 6. The van der Waals surface area contributed by atoms with Crippen molar-refractivity contribution in [2.75, 3.05) is 9.80 Å². The molecule has 8 aromatic rings. The fourth-order valence-corrected chi connectivity index (χ4v) is 11.6. The average Bonchev–Trinajstić information content (AvgIpc) is 3.98. The van der Waals surface area contributed by atoms with Crippen molar-refractivity contribution in [3.05, 3.63) is 215 Å². The van der Waals surface area contributed by atoms with E-state index >= 15 is 0 Å². The molecule has 4 aliphatic carbocycles. The summed E-state index contributed by atoms with van der Waals surface area (Å²) < 4.78 is 0. The largest absolute Gasteiger partial charge is 0.310 e. The molecule has 0 aliphatic heterocycles. The van der Waals surface area contributed by atoms with Crippen LogP contribution >= 0.6 is 0 Å². The zero-order valence-electron chi connectivity index (χ0n) is 31.4. The highest BCUT2D eigenvalue weighted by Crippen LogP contribution is 2.69. The first-order valence-corrected chi connectivity index (χ1v) is 20.4.